The number of aromatic hydroxyl groups is 1. The molecule has 0 radical (unpaired) electrons. The molecular formula is C21H19F3N2O3. The molecule has 3 aromatic rings. The maximum absolute atomic E-state index is 13.0. The van der Waals surface area contributed by atoms with Crippen LogP contribution in [0, 0.1) is 6.92 Å². The molecule has 1 saturated heterocycles. The minimum Gasteiger partial charge on any atom is -0.508 e. The zero-order chi connectivity index (χ0) is 20.8. The number of alkyl halides is 3. The molecule has 0 spiro atoms. The van der Waals surface area contributed by atoms with Crippen LogP contribution in [-0.4, -0.2) is 29.0 Å². The molecule has 0 bridgehead atoms. The van der Waals surface area contributed by atoms with Crippen LogP contribution in [0.3, 0.4) is 0 Å². The van der Waals surface area contributed by atoms with Crippen LogP contribution in [-0.2, 0) is 12.7 Å². The van der Waals surface area contributed by atoms with Gasteiger partial charge in [-0.1, -0.05) is 6.07 Å². The number of phenols is 1. The lowest BCUT2D eigenvalue weighted by atomic mass is 10.0. The number of phenolic OH excluding ortho intramolecular Hbond substituents is 1. The van der Waals surface area contributed by atoms with Crippen molar-refractivity contribution in [2.45, 2.75) is 26.1 Å². The molecule has 1 aromatic heterocycles. The average Bonchev–Trinajstić information content (AvgIpc) is 2.95. The number of benzene rings is 2. The standard InChI is InChI=1S/C21H19F3N2O3/c1-12-18(20(28)25-14-5-2-4-13(10-14)21(22,23)24)19-15(11-26-8-3-9-26)16(27)6-7-17(19)29-12/h2,4-7,10,27H,3,8-9,11H2,1H3,(H,25,28). The van der Waals surface area contributed by atoms with Crippen LogP contribution in [0.5, 0.6) is 5.75 Å². The number of fused-ring (bicyclic) bond motifs is 1. The Kier molecular flexibility index (Phi) is 4.74. The van der Waals surface area contributed by atoms with Crippen LogP contribution < -0.4 is 5.32 Å². The van der Waals surface area contributed by atoms with Gasteiger partial charge in [0.1, 0.15) is 17.1 Å². The number of rotatable bonds is 4. The van der Waals surface area contributed by atoms with Gasteiger partial charge in [-0.05, 0) is 56.8 Å². The van der Waals surface area contributed by atoms with E-state index in [1.54, 1.807) is 13.0 Å². The van der Waals surface area contributed by atoms with Gasteiger partial charge >= 0.3 is 6.18 Å². The highest BCUT2D eigenvalue weighted by Gasteiger charge is 2.31. The molecule has 2 heterocycles. The molecule has 0 unspecified atom stereocenters. The van der Waals surface area contributed by atoms with Crippen LogP contribution >= 0.6 is 0 Å². The van der Waals surface area contributed by atoms with Gasteiger partial charge in [0.15, 0.2) is 0 Å². The molecule has 5 nitrogen and oxygen atoms in total. The lowest BCUT2D eigenvalue weighted by Crippen LogP contribution is -2.36. The first-order chi connectivity index (χ1) is 13.7. The summed E-state index contributed by atoms with van der Waals surface area (Å²) in [7, 11) is 0. The lowest BCUT2D eigenvalue weighted by Gasteiger charge is -2.31. The number of likely N-dealkylation sites (tertiary alicyclic amines) is 1. The van der Waals surface area contributed by atoms with E-state index in [1.165, 1.54) is 18.2 Å². The molecule has 2 aromatic carbocycles. The van der Waals surface area contributed by atoms with Gasteiger partial charge in [-0.25, -0.2) is 0 Å². The predicted octanol–water partition coefficient (Wildman–Crippen LogP) is 4.92. The number of furan rings is 1. The summed E-state index contributed by atoms with van der Waals surface area (Å²) in [6, 6.07) is 7.56. The quantitative estimate of drug-likeness (QED) is 0.648. The van der Waals surface area contributed by atoms with E-state index in [2.05, 4.69) is 10.2 Å². The molecule has 1 aliphatic rings. The van der Waals surface area contributed by atoms with Gasteiger partial charge in [-0.3, -0.25) is 9.69 Å². The molecule has 1 amide bonds. The van der Waals surface area contributed by atoms with Crippen molar-refractivity contribution in [3.63, 3.8) is 0 Å². The van der Waals surface area contributed by atoms with Crippen molar-refractivity contribution in [2.24, 2.45) is 0 Å². The van der Waals surface area contributed by atoms with Crippen LogP contribution in [0.15, 0.2) is 40.8 Å². The van der Waals surface area contributed by atoms with Crippen LogP contribution in [0.2, 0.25) is 0 Å². The first-order valence-corrected chi connectivity index (χ1v) is 9.19. The van der Waals surface area contributed by atoms with E-state index in [1.807, 2.05) is 0 Å². The number of anilines is 1. The van der Waals surface area contributed by atoms with Crippen molar-refractivity contribution >= 4 is 22.6 Å². The van der Waals surface area contributed by atoms with E-state index in [9.17, 15) is 23.1 Å². The van der Waals surface area contributed by atoms with Crippen molar-refractivity contribution in [1.82, 2.24) is 4.90 Å². The Bertz CT molecular complexity index is 1080. The maximum atomic E-state index is 13.0. The fraction of sp³-hybridized carbons (Fsp3) is 0.286. The number of amides is 1. The molecule has 0 atom stereocenters. The van der Waals surface area contributed by atoms with E-state index < -0.39 is 17.6 Å². The molecular weight excluding hydrogens is 385 g/mol. The Balaban J connectivity index is 1.72. The van der Waals surface area contributed by atoms with Crippen LogP contribution in [0.25, 0.3) is 11.0 Å². The second kappa shape index (κ2) is 7.11. The molecule has 8 heteroatoms. The minimum absolute atomic E-state index is 0.0306. The largest absolute Gasteiger partial charge is 0.508 e. The van der Waals surface area contributed by atoms with E-state index in [4.69, 9.17) is 4.42 Å². The second-order valence-electron chi connectivity index (χ2n) is 7.13. The molecule has 0 aliphatic carbocycles. The normalized spacial score (nSPS) is 14.8. The molecule has 0 saturated carbocycles. The summed E-state index contributed by atoms with van der Waals surface area (Å²) in [5.41, 5.74) is 0.422. The minimum atomic E-state index is -4.50. The summed E-state index contributed by atoms with van der Waals surface area (Å²) in [5.74, 6) is -0.200. The third-order valence-corrected chi connectivity index (χ3v) is 5.12. The monoisotopic (exact) mass is 404 g/mol. The molecule has 152 valence electrons. The predicted molar refractivity (Wildman–Crippen MR) is 102 cm³/mol. The van der Waals surface area contributed by atoms with Gasteiger partial charge in [0.2, 0.25) is 0 Å². The molecule has 29 heavy (non-hydrogen) atoms. The summed E-state index contributed by atoms with van der Waals surface area (Å²) in [4.78, 5) is 15.1. The van der Waals surface area contributed by atoms with Gasteiger partial charge in [0.05, 0.1) is 11.1 Å². The SMILES string of the molecule is Cc1oc2ccc(O)c(CN3CCC3)c2c1C(=O)Nc1cccc(C(F)(F)F)c1. The maximum Gasteiger partial charge on any atom is 0.416 e. The summed E-state index contributed by atoms with van der Waals surface area (Å²) in [6.45, 7) is 3.88. The Labute approximate surface area is 164 Å². The van der Waals surface area contributed by atoms with Crippen molar-refractivity contribution in [3.05, 3.63) is 58.8 Å². The Morgan fingerprint density at radius 3 is 2.66 bits per heavy atom. The second-order valence-corrected chi connectivity index (χ2v) is 7.13. The highest BCUT2D eigenvalue weighted by atomic mass is 19.4. The van der Waals surface area contributed by atoms with Gasteiger partial charge < -0.3 is 14.8 Å². The third kappa shape index (κ3) is 3.67. The first-order valence-electron chi connectivity index (χ1n) is 9.19. The van der Waals surface area contributed by atoms with E-state index >= 15 is 0 Å². The van der Waals surface area contributed by atoms with Crippen molar-refractivity contribution in [3.8, 4) is 5.75 Å². The topological polar surface area (TPSA) is 65.7 Å². The zero-order valence-electron chi connectivity index (χ0n) is 15.6. The van der Waals surface area contributed by atoms with E-state index in [0.717, 1.165) is 31.6 Å². The van der Waals surface area contributed by atoms with E-state index in [-0.39, 0.29) is 17.0 Å². The average molecular weight is 404 g/mol. The molecule has 1 fully saturated rings. The third-order valence-electron chi connectivity index (χ3n) is 5.12. The Morgan fingerprint density at radius 2 is 2.00 bits per heavy atom. The number of halogens is 3. The number of carbonyl (C=O) groups excluding carboxylic acids is 1. The van der Waals surface area contributed by atoms with Crippen LogP contribution in [0.1, 0.15) is 33.7 Å². The highest BCUT2D eigenvalue weighted by molar-refractivity contribution is 6.14. The summed E-state index contributed by atoms with van der Waals surface area (Å²) >= 11 is 0. The molecule has 1 aliphatic heterocycles. The number of nitrogens with one attached hydrogen (secondary N) is 1. The number of hydrogen-bond acceptors (Lipinski definition) is 4. The van der Waals surface area contributed by atoms with Gasteiger partial charge in [0.25, 0.3) is 5.91 Å². The van der Waals surface area contributed by atoms with Crippen molar-refractivity contribution in [2.75, 3.05) is 18.4 Å². The summed E-state index contributed by atoms with van der Waals surface area (Å²) in [5, 5.41) is 13.4. The smallest absolute Gasteiger partial charge is 0.416 e. The first kappa shape index (κ1) is 19.3. The highest BCUT2D eigenvalue weighted by Crippen LogP contribution is 2.36. The van der Waals surface area contributed by atoms with Gasteiger partial charge in [0, 0.05) is 23.2 Å². The summed E-state index contributed by atoms with van der Waals surface area (Å²) < 4.78 is 44.5. The number of carbonyl (C=O) groups is 1. The summed E-state index contributed by atoms with van der Waals surface area (Å²) in [6.07, 6.45) is -3.43. The van der Waals surface area contributed by atoms with Gasteiger partial charge in [-0.15, -0.1) is 0 Å². The fourth-order valence-electron chi connectivity index (χ4n) is 3.53. The lowest BCUT2D eigenvalue weighted by molar-refractivity contribution is -0.137. The number of nitrogens with zero attached hydrogens (tertiary/aromatic N) is 1. The van der Waals surface area contributed by atoms with Crippen molar-refractivity contribution < 1.29 is 27.5 Å². The Hall–Kier alpha value is -3.00. The molecule has 4 rings (SSSR count). The number of hydrogen-bond donors (Lipinski definition) is 2. The van der Waals surface area contributed by atoms with Crippen molar-refractivity contribution in [1.29, 1.82) is 0 Å². The van der Waals surface area contributed by atoms with E-state index in [0.29, 0.717) is 28.8 Å². The fourth-order valence-corrected chi connectivity index (χ4v) is 3.53. The number of aryl methyl sites for hydroxylation is 1. The van der Waals surface area contributed by atoms with Crippen LogP contribution in [0.4, 0.5) is 18.9 Å². The molecule has 2 N–H and O–H groups in total. The Morgan fingerprint density at radius 1 is 1.24 bits per heavy atom. The zero-order valence-corrected chi connectivity index (χ0v) is 15.6. The van der Waals surface area contributed by atoms with Gasteiger partial charge in [-0.2, -0.15) is 13.2 Å².